The first-order chi connectivity index (χ1) is 4.90. The van der Waals surface area contributed by atoms with Crippen LogP contribution in [-0.2, 0) is 4.79 Å². The minimum Gasteiger partial charge on any atom is -0.352 e. The maximum atomic E-state index is 11.3. The molecule has 1 amide bonds. The quantitative estimate of drug-likeness (QED) is 0.628. The van der Waals surface area contributed by atoms with Crippen molar-refractivity contribution in [3.05, 3.63) is 0 Å². The van der Waals surface area contributed by atoms with Crippen LogP contribution in [0.25, 0.3) is 0 Å². The molecule has 66 valence electrons. The molecule has 0 aromatic heterocycles. The molecule has 0 unspecified atom stereocenters. The fourth-order valence-electron chi connectivity index (χ4n) is 0.556. The number of carbonyl (C=O) groups excluding carboxylic acids is 1. The van der Waals surface area contributed by atoms with Crippen molar-refractivity contribution in [2.75, 3.05) is 7.05 Å². The van der Waals surface area contributed by atoms with Gasteiger partial charge in [0.2, 0.25) is 5.91 Å². The highest BCUT2D eigenvalue weighted by Crippen LogP contribution is 2.00. The van der Waals surface area contributed by atoms with Crippen molar-refractivity contribution in [2.24, 2.45) is 0 Å². The van der Waals surface area contributed by atoms with Gasteiger partial charge in [-0.25, -0.2) is 0 Å². The van der Waals surface area contributed by atoms with E-state index in [9.17, 15) is 4.79 Å². The summed E-state index contributed by atoms with van der Waals surface area (Å²) in [6.07, 6.45) is 0. The number of likely N-dealkylation sites (N-methyl/N-ethyl adjacent to an activating group) is 1. The van der Waals surface area contributed by atoms with Gasteiger partial charge in [0.05, 0.1) is 5.54 Å². The van der Waals surface area contributed by atoms with Crippen LogP contribution in [0, 0.1) is 0 Å². The normalized spacial score (nSPS) is 11.8. The molecule has 11 heavy (non-hydrogen) atoms. The van der Waals surface area contributed by atoms with E-state index < -0.39 is 5.54 Å². The van der Waals surface area contributed by atoms with Gasteiger partial charge in [-0.1, -0.05) is 0 Å². The maximum absolute atomic E-state index is 11.3. The Bertz CT molecular complexity index is 141. The van der Waals surface area contributed by atoms with Crippen molar-refractivity contribution in [3.63, 3.8) is 0 Å². The van der Waals surface area contributed by atoms with Crippen LogP contribution in [0.4, 0.5) is 0 Å². The molecule has 0 aliphatic rings. The van der Waals surface area contributed by atoms with Crippen LogP contribution in [0.2, 0.25) is 0 Å². The maximum Gasteiger partial charge on any atom is 0.239 e. The first-order valence-electron chi connectivity index (χ1n) is 3.90. The van der Waals surface area contributed by atoms with Gasteiger partial charge < -0.3 is 10.6 Å². The summed E-state index contributed by atoms with van der Waals surface area (Å²) in [5.74, 6) is 0.0370. The molecule has 0 radical (unpaired) electrons. The molecule has 3 heteroatoms. The predicted molar refractivity (Wildman–Crippen MR) is 46.4 cm³/mol. The lowest BCUT2D eigenvalue weighted by Crippen LogP contribution is -2.52. The number of amides is 1. The summed E-state index contributed by atoms with van der Waals surface area (Å²) >= 11 is 0. The van der Waals surface area contributed by atoms with E-state index >= 15 is 0 Å². The van der Waals surface area contributed by atoms with E-state index in [4.69, 9.17) is 0 Å². The summed E-state index contributed by atoms with van der Waals surface area (Å²) in [6, 6.07) is 0.204. The second-order valence-electron chi connectivity index (χ2n) is 3.50. The zero-order valence-electron chi connectivity index (χ0n) is 7.99. The molecule has 0 bridgehead atoms. The van der Waals surface area contributed by atoms with Gasteiger partial charge >= 0.3 is 0 Å². The fourth-order valence-corrected chi connectivity index (χ4v) is 0.556. The highest BCUT2D eigenvalue weighted by atomic mass is 16.2. The van der Waals surface area contributed by atoms with Crippen molar-refractivity contribution in [1.82, 2.24) is 10.6 Å². The molecule has 0 aromatic rings. The van der Waals surface area contributed by atoms with Gasteiger partial charge in [0.1, 0.15) is 0 Å². The van der Waals surface area contributed by atoms with Gasteiger partial charge in [-0.2, -0.15) is 0 Å². The molecule has 3 nitrogen and oxygen atoms in total. The van der Waals surface area contributed by atoms with E-state index in [0.717, 1.165) is 0 Å². The second-order valence-corrected chi connectivity index (χ2v) is 3.50. The van der Waals surface area contributed by atoms with E-state index in [0.29, 0.717) is 0 Å². The van der Waals surface area contributed by atoms with Crippen molar-refractivity contribution < 1.29 is 4.79 Å². The number of rotatable bonds is 3. The zero-order valence-corrected chi connectivity index (χ0v) is 7.99. The van der Waals surface area contributed by atoms with E-state index in [2.05, 4.69) is 10.6 Å². The monoisotopic (exact) mass is 158 g/mol. The number of hydrogen-bond acceptors (Lipinski definition) is 2. The minimum atomic E-state index is -0.468. The Morgan fingerprint density at radius 1 is 1.36 bits per heavy atom. The van der Waals surface area contributed by atoms with E-state index in [1.165, 1.54) is 0 Å². The van der Waals surface area contributed by atoms with Gasteiger partial charge in [0.15, 0.2) is 0 Å². The van der Waals surface area contributed by atoms with Gasteiger partial charge in [-0.05, 0) is 34.7 Å². The Kier molecular flexibility index (Phi) is 3.52. The smallest absolute Gasteiger partial charge is 0.239 e. The third-order valence-electron chi connectivity index (χ3n) is 1.61. The second kappa shape index (κ2) is 3.72. The largest absolute Gasteiger partial charge is 0.352 e. The minimum absolute atomic E-state index is 0.0370. The molecule has 2 N–H and O–H groups in total. The number of carbonyl (C=O) groups is 1. The van der Waals surface area contributed by atoms with Gasteiger partial charge in [0, 0.05) is 6.04 Å². The lowest BCUT2D eigenvalue weighted by molar-refractivity contribution is -0.126. The summed E-state index contributed by atoms with van der Waals surface area (Å²) < 4.78 is 0. The summed E-state index contributed by atoms with van der Waals surface area (Å²) in [5, 5.41) is 5.77. The fraction of sp³-hybridized carbons (Fsp3) is 0.875. The molecule has 0 aliphatic carbocycles. The van der Waals surface area contributed by atoms with Gasteiger partial charge in [-0.15, -0.1) is 0 Å². The first-order valence-corrected chi connectivity index (χ1v) is 3.90. The first kappa shape index (κ1) is 10.4. The topological polar surface area (TPSA) is 41.1 Å². The molecular formula is C8H18N2O. The molecule has 0 rings (SSSR count). The number of hydrogen-bond donors (Lipinski definition) is 2. The van der Waals surface area contributed by atoms with Crippen LogP contribution in [0.3, 0.4) is 0 Å². The van der Waals surface area contributed by atoms with E-state index in [-0.39, 0.29) is 11.9 Å². The lowest BCUT2D eigenvalue weighted by Gasteiger charge is -2.24. The zero-order chi connectivity index (χ0) is 9.07. The highest BCUT2D eigenvalue weighted by Gasteiger charge is 2.24. The summed E-state index contributed by atoms with van der Waals surface area (Å²) in [6.45, 7) is 7.60. The molecule has 0 saturated heterocycles. The Balaban J connectivity index is 4.02. The molecular weight excluding hydrogens is 140 g/mol. The Hall–Kier alpha value is -0.570. The molecule has 0 aliphatic heterocycles. The molecule has 0 spiro atoms. The summed E-state index contributed by atoms with van der Waals surface area (Å²) in [7, 11) is 1.78. The van der Waals surface area contributed by atoms with Crippen LogP contribution in [0.15, 0.2) is 0 Å². The number of nitrogens with one attached hydrogen (secondary N) is 2. The van der Waals surface area contributed by atoms with Crippen molar-refractivity contribution in [1.29, 1.82) is 0 Å². The van der Waals surface area contributed by atoms with E-state index in [1.54, 1.807) is 7.05 Å². The molecule has 0 saturated carbocycles. The standard InChI is InChI=1S/C8H18N2O/c1-6(2)10-7(11)8(3,4)9-5/h6,9H,1-5H3,(H,10,11). The average molecular weight is 158 g/mol. The lowest BCUT2D eigenvalue weighted by atomic mass is 10.1. The molecule has 0 atom stereocenters. The molecule has 0 fully saturated rings. The van der Waals surface area contributed by atoms with Gasteiger partial charge in [0.25, 0.3) is 0 Å². The van der Waals surface area contributed by atoms with Crippen LogP contribution in [0.5, 0.6) is 0 Å². The average Bonchev–Trinajstić information content (AvgIpc) is 1.86. The van der Waals surface area contributed by atoms with Gasteiger partial charge in [-0.3, -0.25) is 4.79 Å². The van der Waals surface area contributed by atoms with Crippen molar-refractivity contribution in [2.45, 2.75) is 39.3 Å². The predicted octanol–water partition coefficient (Wildman–Crippen LogP) is 0.509. The Morgan fingerprint density at radius 2 is 1.82 bits per heavy atom. The molecule has 0 aromatic carbocycles. The van der Waals surface area contributed by atoms with Crippen molar-refractivity contribution >= 4 is 5.91 Å². The Labute approximate surface area is 68.6 Å². The summed E-state index contributed by atoms with van der Waals surface area (Å²) in [4.78, 5) is 11.3. The highest BCUT2D eigenvalue weighted by molar-refractivity contribution is 5.85. The Morgan fingerprint density at radius 3 is 2.09 bits per heavy atom. The van der Waals surface area contributed by atoms with Crippen molar-refractivity contribution in [3.8, 4) is 0 Å². The third-order valence-corrected chi connectivity index (χ3v) is 1.61. The summed E-state index contributed by atoms with van der Waals surface area (Å²) in [5.41, 5.74) is -0.468. The van der Waals surface area contributed by atoms with Crippen LogP contribution >= 0.6 is 0 Å². The molecule has 0 heterocycles. The van der Waals surface area contributed by atoms with Crippen LogP contribution in [0.1, 0.15) is 27.7 Å². The van der Waals surface area contributed by atoms with Crippen LogP contribution in [-0.4, -0.2) is 24.5 Å². The van der Waals surface area contributed by atoms with E-state index in [1.807, 2.05) is 27.7 Å². The third kappa shape index (κ3) is 3.37. The SMILES string of the molecule is CNC(C)(C)C(=O)NC(C)C. The van der Waals surface area contributed by atoms with Crippen LogP contribution < -0.4 is 10.6 Å².